The smallest absolute Gasteiger partial charge is 0.336 e. The van der Waals surface area contributed by atoms with Crippen LogP contribution in [-0.2, 0) is 13.2 Å². The molecule has 154 valence electrons. The number of furan rings is 1. The third-order valence-corrected chi connectivity index (χ3v) is 5.11. The Bertz CT molecular complexity index is 1380. The highest BCUT2D eigenvalue weighted by molar-refractivity contribution is 5.81. The summed E-state index contributed by atoms with van der Waals surface area (Å²) in [5.74, 6) is 2.19. The third kappa shape index (κ3) is 4.16. The number of rotatable bonds is 6. The Kier molecular flexibility index (Phi) is 4.92. The Labute approximate surface area is 178 Å². The molecule has 0 saturated heterocycles. The molecule has 5 heteroatoms. The number of para-hydroxylation sites is 1. The van der Waals surface area contributed by atoms with E-state index in [2.05, 4.69) is 0 Å². The van der Waals surface area contributed by atoms with Gasteiger partial charge >= 0.3 is 5.63 Å². The lowest BCUT2D eigenvalue weighted by Crippen LogP contribution is -1.99. The molecule has 5 nitrogen and oxygen atoms in total. The molecule has 3 aromatic carbocycles. The van der Waals surface area contributed by atoms with Crippen LogP contribution in [0, 0.1) is 6.92 Å². The van der Waals surface area contributed by atoms with Gasteiger partial charge in [-0.05, 0) is 54.4 Å². The SMILES string of the molecule is Cc1cc(=O)oc2cc(OCc3ccc(OCc4cc5ccccc5o4)cc3)ccc12. The standard InChI is InChI=1S/C26H20O5/c1-17-12-26(27)31-25-14-21(10-11-23(17)25)28-15-18-6-8-20(9-7-18)29-16-22-13-19-4-2-3-5-24(19)30-22/h2-14H,15-16H2,1H3. The molecular weight excluding hydrogens is 392 g/mol. The van der Waals surface area contributed by atoms with Crippen molar-refractivity contribution in [3.05, 3.63) is 106 Å². The van der Waals surface area contributed by atoms with E-state index in [-0.39, 0.29) is 5.63 Å². The minimum atomic E-state index is -0.361. The van der Waals surface area contributed by atoms with Gasteiger partial charge in [-0.1, -0.05) is 30.3 Å². The van der Waals surface area contributed by atoms with Crippen molar-refractivity contribution in [1.29, 1.82) is 0 Å². The van der Waals surface area contributed by atoms with E-state index in [0.29, 0.717) is 24.5 Å². The lowest BCUT2D eigenvalue weighted by atomic mass is 10.1. The molecule has 0 amide bonds. The summed E-state index contributed by atoms with van der Waals surface area (Å²) in [6.07, 6.45) is 0. The van der Waals surface area contributed by atoms with Crippen molar-refractivity contribution in [2.24, 2.45) is 0 Å². The largest absolute Gasteiger partial charge is 0.489 e. The molecule has 0 fully saturated rings. The Morgan fingerprint density at radius 3 is 2.35 bits per heavy atom. The second-order valence-electron chi connectivity index (χ2n) is 7.38. The molecule has 2 heterocycles. The molecule has 31 heavy (non-hydrogen) atoms. The maximum Gasteiger partial charge on any atom is 0.336 e. The van der Waals surface area contributed by atoms with Crippen molar-refractivity contribution in [2.45, 2.75) is 20.1 Å². The van der Waals surface area contributed by atoms with Gasteiger partial charge in [0, 0.05) is 22.9 Å². The zero-order valence-electron chi connectivity index (χ0n) is 17.0. The van der Waals surface area contributed by atoms with Gasteiger partial charge in [-0.15, -0.1) is 0 Å². The second kappa shape index (κ2) is 8.03. The van der Waals surface area contributed by atoms with E-state index < -0.39 is 0 Å². The fourth-order valence-electron chi connectivity index (χ4n) is 3.51. The summed E-state index contributed by atoms with van der Waals surface area (Å²) >= 11 is 0. The van der Waals surface area contributed by atoms with Gasteiger partial charge in [0.1, 0.15) is 41.6 Å². The van der Waals surface area contributed by atoms with Gasteiger partial charge in [0.25, 0.3) is 0 Å². The highest BCUT2D eigenvalue weighted by Gasteiger charge is 2.06. The fourth-order valence-corrected chi connectivity index (χ4v) is 3.51. The third-order valence-electron chi connectivity index (χ3n) is 5.11. The molecule has 5 aromatic rings. The van der Waals surface area contributed by atoms with E-state index in [4.69, 9.17) is 18.3 Å². The van der Waals surface area contributed by atoms with Gasteiger partial charge in [0.2, 0.25) is 0 Å². The van der Waals surface area contributed by atoms with Gasteiger partial charge in [0.05, 0.1) is 0 Å². The monoisotopic (exact) mass is 412 g/mol. The summed E-state index contributed by atoms with van der Waals surface area (Å²) in [5, 5.41) is 1.97. The lowest BCUT2D eigenvalue weighted by molar-refractivity contribution is 0.274. The highest BCUT2D eigenvalue weighted by atomic mass is 16.5. The number of benzene rings is 3. The van der Waals surface area contributed by atoms with E-state index in [1.165, 1.54) is 6.07 Å². The van der Waals surface area contributed by atoms with E-state index in [1.807, 2.05) is 73.7 Å². The Balaban J connectivity index is 1.21. The number of hydrogen-bond donors (Lipinski definition) is 0. The topological polar surface area (TPSA) is 61.8 Å². The zero-order chi connectivity index (χ0) is 21.2. The highest BCUT2D eigenvalue weighted by Crippen LogP contribution is 2.24. The predicted molar refractivity (Wildman–Crippen MR) is 119 cm³/mol. The summed E-state index contributed by atoms with van der Waals surface area (Å²) < 4.78 is 22.7. The maximum absolute atomic E-state index is 11.6. The van der Waals surface area contributed by atoms with Crippen molar-refractivity contribution in [1.82, 2.24) is 0 Å². The molecule has 0 bridgehead atoms. The average molecular weight is 412 g/mol. The van der Waals surface area contributed by atoms with Crippen molar-refractivity contribution < 1.29 is 18.3 Å². The molecule has 0 aliphatic heterocycles. The van der Waals surface area contributed by atoms with Crippen LogP contribution >= 0.6 is 0 Å². The van der Waals surface area contributed by atoms with Crippen molar-refractivity contribution >= 4 is 21.9 Å². The van der Waals surface area contributed by atoms with E-state index in [0.717, 1.165) is 39.0 Å². The molecule has 0 aliphatic carbocycles. The Hall–Kier alpha value is -3.99. The minimum Gasteiger partial charge on any atom is -0.489 e. The van der Waals surface area contributed by atoms with Gasteiger partial charge < -0.3 is 18.3 Å². The normalized spacial score (nSPS) is 11.1. The maximum atomic E-state index is 11.6. The van der Waals surface area contributed by atoms with Crippen LogP contribution in [0.4, 0.5) is 0 Å². The average Bonchev–Trinajstić information content (AvgIpc) is 3.20. The molecule has 0 saturated carbocycles. The van der Waals surface area contributed by atoms with Crippen LogP contribution in [0.5, 0.6) is 11.5 Å². The zero-order valence-corrected chi connectivity index (χ0v) is 17.0. The van der Waals surface area contributed by atoms with E-state index in [9.17, 15) is 4.79 Å². The molecule has 0 radical (unpaired) electrons. The van der Waals surface area contributed by atoms with Crippen LogP contribution < -0.4 is 15.1 Å². The number of fused-ring (bicyclic) bond motifs is 2. The number of ether oxygens (including phenoxy) is 2. The summed E-state index contributed by atoms with van der Waals surface area (Å²) in [4.78, 5) is 11.6. The van der Waals surface area contributed by atoms with Gasteiger partial charge in [-0.2, -0.15) is 0 Å². The molecule has 0 unspecified atom stereocenters. The van der Waals surface area contributed by atoms with E-state index in [1.54, 1.807) is 6.07 Å². The van der Waals surface area contributed by atoms with Crippen molar-refractivity contribution in [2.75, 3.05) is 0 Å². The first kappa shape index (κ1) is 19.0. The van der Waals surface area contributed by atoms with Gasteiger partial charge in [-0.25, -0.2) is 4.79 Å². The number of aryl methyl sites for hydroxylation is 1. The van der Waals surface area contributed by atoms with Crippen molar-refractivity contribution in [3.8, 4) is 11.5 Å². The predicted octanol–water partition coefficient (Wildman–Crippen LogP) is 6.01. The van der Waals surface area contributed by atoms with Crippen LogP contribution in [-0.4, -0.2) is 0 Å². The van der Waals surface area contributed by atoms with Crippen LogP contribution in [0.1, 0.15) is 16.9 Å². The summed E-state index contributed by atoms with van der Waals surface area (Å²) in [7, 11) is 0. The Morgan fingerprint density at radius 1 is 0.742 bits per heavy atom. The molecule has 0 N–H and O–H groups in total. The molecule has 2 aromatic heterocycles. The van der Waals surface area contributed by atoms with Gasteiger partial charge in [0.15, 0.2) is 0 Å². The molecule has 0 aliphatic rings. The van der Waals surface area contributed by atoms with Crippen molar-refractivity contribution in [3.63, 3.8) is 0 Å². The van der Waals surface area contributed by atoms with E-state index >= 15 is 0 Å². The number of hydrogen-bond acceptors (Lipinski definition) is 5. The summed E-state index contributed by atoms with van der Waals surface area (Å²) in [6, 6.07) is 24.6. The first-order chi connectivity index (χ1) is 15.1. The van der Waals surface area contributed by atoms with Crippen LogP contribution in [0.25, 0.3) is 21.9 Å². The molecule has 5 rings (SSSR count). The van der Waals surface area contributed by atoms with Gasteiger partial charge in [-0.3, -0.25) is 0 Å². The fraction of sp³-hybridized carbons (Fsp3) is 0.115. The molecular formula is C26H20O5. The minimum absolute atomic E-state index is 0.361. The first-order valence-corrected chi connectivity index (χ1v) is 10.0. The van der Waals surface area contributed by atoms with Crippen LogP contribution in [0.3, 0.4) is 0 Å². The van der Waals surface area contributed by atoms with Crippen LogP contribution in [0.15, 0.2) is 92.5 Å². The second-order valence-corrected chi connectivity index (χ2v) is 7.38. The molecule has 0 spiro atoms. The lowest BCUT2D eigenvalue weighted by Gasteiger charge is -2.09. The van der Waals surface area contributed by atoms with Crippen LogP contribution in [0.2, 0.25) is 0 Å². The molecule has 0 atom stereocenters. The Morgan fingerprint density at radius 2 is 1.52 bits per heavy atom. The summed E-state index contributed by atoms with van der Waals surface area (Å²) in [6.45, 7) is 2.65. The first-order valence-electron chi connectivity index (χ1n) is 10.0. The summed E-state index contributed by atoms with van der Waals surface area (Å²) in [5.41, 5.74) is 2.91. The quantitative estimate of drug-likeness (QED) is 0.320.